The Morgan fingerprint density at radius 2 is 2.11 bits per heavy atom. The molecule has 0 saturated carbocycles. The molecule has 1 aromatic heterocycles. The Kier molecular flexibility index (Phi) is 3.73. The topological polar surface area (TPSA) is 101 Å². The minimum absolute atomic E-state index is 0.205. The van der Waals surface area contributed by atoms with Crippen LogP contribution in [0, 0.1) is 0 Å². The Morgan fingerprint density at radius 1 is 1.39 bits per heavy atom. The van der Waals surface area contributed by atoms with E-state index in [-0.39, 0.29) is 11.0 Å². The van der Waals surface area contributed by atoms with Crippen LogP contribution in [-0.4, -0.2) is 39.2 Å². The molecular weight excluding hydrogens is 262 g/mol. The summed E-state index contributed by atoms with van der Waals surface area (Å²) in [4.78, 5) is 29.9. The highest BCUT2D eigenvalue weighted by Gasteiger charge is 2.34. The molecule has 96 valence electrons. The molecule has 1 fully saturated rings. The van der Waals surface area contributed by atoms with Crippen LogP contribution in [0.5, 0.6) is 0 Å². The predicted molar refractivity (Wildman–Crippen MR) is 61.2 cm³/mol. The van der Waals surface area contributed by atoms with Crippen LogP contribution >= 0.6 is 11.6 Å². The number of hydrogen-bond acceptors (Lipinski definition) is 5. The van der Waals surface area contributed by atoms with E-state index in [4.69, 9.17) is 21.4 Å². The highest BCUT2D eigenvalue weighted by molar-refractivity contribution is 6.29. The highest BCUT2D eigenvalue weighted by Crippen LogP contribution is 2.21. The first-order valence-electron chi connectivity index (χ1n) is 5.23. The van der Waals surface area contributed by atoms with Gasteiger partial charge >= 0.3 is 5.97 Å². The van der Waals surface area contributed by atoms with Crippen LogP contribution in [0.4, 0.5) is 5.82 Å². The normalized spacial score (nSPS) is 22.7. The van der Waals surface area contributed by atoms with E-state index in [0.29, 0.717) is 12.8 Å². The summed E-state index contributed by atoms with van der Waals surface area (Å²) >= 11 is 5.64. The molecule has 0 bridgehead atoms. The molecular formula is C10H10ClN3O4. The van der Waals surface area contributed by atoms with Gasteiger partial charge in [0.2, 0.25) is 0 Å². The fourth-order valence-corrected chi connectivity index (χ4v) is 1.77. The maximum absolute atomic E-state index is 11.8. The number of hydrogen-bond donors (Lipinski definition) is 2. The molecule has 0 radical (unpaired) electrons. The predicted octanol–water partition coefficient (Wildman–Crippen LogP) is 0.701. The fraction of sp³-hybridized carbons (Fsp3) is 0.400. The SMILES string of the molecule is O=C(O)C1CCC(C(=O)Nc2cc(Cl)ncn2)O1. The molecule has 2 heterocycles. The summed E-state index contributed by atoms with van der Waals surface area (Å²) in [6.45, 7) is 0. The maximum atomic E-state index is 11.8. The number of aliphatic carboxylic acids is 1. The standard InChI is InChI=1S/C10H10ClN3O4/c11-7-3-8(13-4-12-7)14-9(15)5-1-2-6(18-5)10(16)17/h3-6H,1-2H2,(H,16,17)(H,12,13,14,15). The smallest absolute Gasteiger partial charge is 0.332 e. The van der Waals surface area contributed by atoms with Crippen LogP contribution in [-0.2, 0) is 14.3 Å². The minimum atomic E-state index is -1.06. The zero-order valence-electron chi connectivity index (χ0n) is 9.17. The van der Waals surface area contributed by atoms with Gasteiger partial charge in [-0.15, -0.1) is 0 Å². The van der Waals surface area contributed by atoms with Crippen molar-refractivity contribution in [1.82, 2.24) is 9.97 Å². The minimum Gasteiger partial charge on any atom is -0.479 e. The second kappa shape index (κ2) is 5.28. The molecule has 7 nitrogen and oxygen atoms in total. The summed E-state index contributed by atoms with van der Waals surface area (Å²) in [5, 5.41) is 11.4. The molecule has 18 heavy (non-hydrogen) atoms. The van der Waals surface area contributed by atoms with Gasteiger partial charge in [-0.25, -0.2) is 14.8 Å². The zero-order valence-corrected chi connectivity index (χ0v) is 9.92. The highest BCUT2D eigenvalue weighted by atomic mass is 35.5. The van der Waals surface area contributed by atoms with Gasteiger partial charge in [0, 0.05) is 6.07 Å². The number of carboxylic acid groups (broad SMARTS) is 1. The largest absolute Gasteiger partial charge is 0.479 e. The van der Waals surface area contributed by atoms with E-state index >= 15 is 0 Å². The Balaban J connectivity index is 1.95. The number of anilines is 1. The third-order valence-corrected chi connectivity index (χ3v) is 2.68. The number of aromatic nitrogens is 2. The maximum Gasteiger partial charge on any atom is 0.332 e. The van der Waals surface area contributed by atoms with Crippen LogP contribution in [0.15, 0.2) is 12.4 Å². The van der Waals surface area contributed by atoms with E-state index in [2.05, 4.69) is 15.3 Å². The molecule has 1 aliphatic heterocycles. The molecule has 2 rings (SSSR count). The van der Waals surface area contributed by atoms with Gasteiger partial charge in [0.1, 0.15) is 23.4 Å². The Morgan fingerprint density at radius 3 is 2.72 bits per heavy atom. The van der Waals surface area contributed by atoms with Gasteiger partial charge in [-0.2, -0.15) is 0 Å². The summed E-state index contributed by atoms with van der Waals surface area (Å²) < 4.78 is 5.10. The van der Waals surface area contributed by atoms with Crippen LogP contribution < -0.4 is 5.32 Å². The van der Waals surface area contributed by atoms with Crippen molar-refractivity contribution < 1.29 is 19.4 Å². The first kappa shape index (κ1) is 12.7. The molecule has 1 aliphatic rings. The lowest BCUT2D eigenvalue weighted by atomic mass is 10.2. The van der Waals surface area contributed by atoms with Gasteiger partial charge in [-0.3, -0.25) is 4.79 Å². The van der Waals surface area contributed by atoms with Crippen LogP contribution in [0.3, 0.4) is 0 Å². The number of halogens is 1. The quantitative estimate of drug-likeness (QED) is 0.785. The zero-order chi connectivity index (χ0) is 13.1. The second-order valence-electron chi connectivity index (χ2n) is 3.74. The van der Waals surface area contributed by atoms with Gasteiger partial charge in [0.05, 0.1) is 0 Å². The lowest BCUT2D eigenvalue weighted by Gasteiger charge is -2.11. The average molecular weight is 272 g/mol. The Hall–Kier alpha value is -1.73. The molecule has 0 spiro atoms. The number of ether oxygens (including phenoxy) is 1. The molecule has 8 heteroatoms. The number of amides is 1. The molecule has 2 atom stereocenters. The molecule has 2 unspecified atom stereocenters. The number of carbonyl (C=O) groups is 2. The molecule has 1 saturated heterocycles. The van der Waals surface area contributed by atoms with E-state index in [1.165, 1.54) is 12.4 Å². The third kappa shape index (κ3) is 2.93. The first-order chi connectivity index (χ1) is 8.56. The van der Waals surface area contributed by atoms with Gasteiger partial charge in [0.25, 0.3) is 5.91 Å². The lowest BCUT2D eigenvalue weighted by Crippen LogP contribution is -2.30. The van der Waals surface area contributed by atoms with E-state index < -0.39 is 24.1 Å². The molecule has 0 aromatic carbocycles. The van der Waals surface area contributed by atoms with E-state index in [1.54, 1.807) is 0 Å². The van der Waals surface area contributed by atoms with Crippen LogP contribution in [0.2, 0.25) is 5.15 Å². The molecule has 1 aromatic rings. The summed E-state index contributed by atoms with van der Waals surface area (Å²) in [7, 11) is 0. The monoisotopic (exact) mass is 271 g/mol. The van der Waals surface area contributed by atoms with E-state index in [1.807, 2.05) is 0 Å². The summed E-state index contributed by atoms with van der Waals surface area (Å²) in [6, 6.07) is 1.39. The number of carbonyl (C=O) groups excluding carboxylic acids is 1. The Labute approximate surface area is 107 Å². The van der Waals surface area contributed by atoms with Crippen molar-refractivity contribution in [2.24, 2.45) is 0 Å². The van der Waals surface area contributed by atoms with E-state index in [0.717, 1.165) is 0 Å². The Bertz CT molecular complexity index is 482. The van der Waals surface area contributed by atoms with Gasteiger partial charge in [-0.1, -0.05) is 11.6 Å². The fourth-order valence-electron chi connectivity index (χ4n) is 1.62. The van der Waals surface area contributed by atoms with Crippen molar-refractivity contribution in [3.63, 3.8) is 0 Å². The number of nitrogens with zero attached hydrogens (tertiary/aromatic N) is 2. The van der Waals surface area contributed by atoms with Crippen molar-refractivity contribution in [3.8, 4) is 0 Å². The van der Waals surface area contributed by atoms with E-state index in [9.17, 15) is 9.59 Å². The average Bonchev–Trinajstić information content (AvgIpc) is 2.78. The summed E-state index contributed by atoms with van der Waals surface area (Å²) in [5.74, 6) is -1.24. The van der Waals surface area contributed by atoms with Crippen LogP contribution in [0.1, 0.15) is 12.8 Å². The second-order valence-corrected chi connectivity index (χ2v) is 4.13. The van der Waals surface area contributed by atoms with Crippen molar-refractivity contribution in [2.75, 3.05) is 5.32 Å². The van der Waals surface area contributed by atoms with Crippen molar-refractivity contribution in [1.29, 1.82) is 0 Å². The van der Waals surface area contributed by atoms with Gasteiger partial charge in [0.15, 0.2) is 6.10 Å². The molecule has 0 aliphatic carbocycles. The molecule has 2 N–H and O–H groups in total. The van der Waals surface area contributed by atoms with Crippen LogP contribution in [0.25, 0.3) is 0 Å². The van der Waals surface area contributed by atoms with Crippen molar-refractivity contribution in [2.45, 2.75) is 25.0 Å². The number of rotatable bonds is 3. The number of carboxylic acids is 1. The van der Waals surface area contributed by atoms with Gasteiger partial charge in [-0.05, 0) is 12.8 Å². The summed E-state index contributed by atoms with van der Waals surface area (Å²) in [5.41, 5.74) is 0. The lowest BCUT2D eigenvalue weighted by molar-refractivity contribution is -0.150. The van der Waals surface area contributed by atoms with Crippen molar-refractivity contribution >= 4 is 29.3 Å². The first-order valence-corrected chi connectivity index (χ1v) is 5.61. The summed E-state index contributed by atoms with van der Waals surface area (Å²) in [6.07, 6.45) is 0.196. The third-order valence-electron chi connectivity index (χ3n) is 2.47. The number of nitrogens with one attached hydrogen (secondary N) is 1. The molecule has 1 amide bonds. The van der Waals surface area contributed by atoms with Crippen molar-refractivity contribution in [3.05, 3.63) is 17.5 Å². The van der Waals surface area contributed by atoms with Gasteiger partial charge < -0.3 is 15.2 Å².